The van der Waals surface area contributed by atoms with E-state index >= 15 is 0 Å². The van der Waals surface area contributed by atoms with Crippen LogP contribution in [0, 0.1) is 0 Å². The van der Waals surface area contributed by atoms with Gasteiger partial charge in [-0.05, 0) is 18.2 Å². The maximum atomic E-state index is 11.9. The molecule has 0 saturated carbocycles. The monoisotopic (exact) mass is 319 g/mol. The van der Waals surface area contributed by atoms with Gasteiger partial charge in [0, 0.05) is 42.9 Å². The molecule has 1 atom stereocenters. The number of hydrogen-bond donors (Lipinski definition) is 2. The molecule has 114 valence electrons. The second-order valence-corrected chi connectivity index (χ2v) is 8.41. The molecule has 0 heterocycles. The van der Waals surface area contributed by atoms with Crippen molar-refractivity contribution in [1.82, 2.24) is 4.31 Å². The fourth-order valence-electron chi connectivity index (χ4n) is 1.52. The van der Waals surface area contributed by atoms with E-state index in [-0.39, 0.29) is 4.90 Å². The van der Waals surface area contributed by atoms with Crippen molar-refractivity contribution in [3.8, 4) is 0 Å². The maximum Gasteiger partial charge on any atom is 0.242 e. The fraction of sp³-hybridized carbons (Fsp3) is 0.500. The number of anilines is 2. The Kier molecular flexibility index (Phi) is 5.97. The van der Waals surface area contributed by atoms with Crippen molar-refractivity contribution in [3.63, 3.8) is 0 Å². The van der Waals surface area contributed by atoms with Gasteiger partial charge in [-0.2, -0.15) is 0 Å². The third-order valence-electron chi connectivity index (χ3n) is 2.77. The van der Waals surface area contributed by atoms with Gasteiger partial charge in [0.1, 0.15) is 0 Å². The number of nitrogens with zero attached hydrogens (tertiary/aromatic N) is 1. The summed E-state index contributed by atoms with van der Waals surface area (Å²) in [6, 6.07) is 4.56. The zero-order valence-corrected chi connectivity index (χ0v) is 13.6. The van der Waals surface area contributed by atoms with E-state index in [9.17, 15) is 12.6 Å². The molecule has 0 fully saturated rings. The molecule has 0 bridgehead atoms. The van der Waals surface area contributed by atoms with Crippen LogP contribution in [0.3, 0.4) is 0 Å². The minimum absolute atomic E-state index is 0.155. The molecule has 1 aromatic carbocycles. The maximum absolute atomic E-state index is 11.9. The van der Waals surface area contributed by atoms with E-state index < -0.39 is 20.8 Å². The SMILES string of the molecule is CCS(=O)CCNc1ccc(S(=O)(=O)N(C)C)cc1N. The van der Waals surface area contributed by atoms with Gasteiger partial charge in [-0.15, -0.1) is 0 Å². The molecule has 6 nitrogen and oxygen atoms in total. The summed E-state index contributed by atoms with van der Waals surface area (Å²) >= 11 is 0. The molecule has 0 spiro atoms. The molecule has 1 rings (SSSR count). The Labute approximate surface area is 122 Å². The Morgan fingerprint density at radius 1 is 1.35 bits per heavy atom. The lowest BCUT2D eigenvalue weighted by molar-refractivity contribution is 0.521. The van der Waals surface area contributed by atoms with Crippen molar-refractivity contribution in [2.24, 2.45) is 0 Å². The van der Waals surface area contributed by atoms with Gasteiger partial charge in [0.2, 0.25) is 10.0 Å². The molecule has 0 saturated heterocycles. The van der Waals surface area contributed by atoms with Crippen molar-refractivity contribution in [3.05, 3.63) is 18.2 Å². The van der Waals surface area contributed by atoms with Crippen molar-refractivity contribution >= 4 is 32.2 Å². The van der Waals surface area contributed by atoms with E-state index in [4.69, 9.17) is 5.73 Å². The third-order valence-corrected chi connectivity index (χ3v) is 5.88. The predicted octanol–water partition coefficient (Wildman–Crippen LogP) is 0.700. The van der Waals surface area contributed by atoms with Crippen LogP contribution >= 0.6 is 0 Å². The summed E-state index contributed by atoms with van der Waals surface area (Å²) in [4.78, 5) is 0.155. The lowest BCUT2D eigenvalue weighted by atomic mass is 10.2. The van der Waals surface area contributed by atoms with Crippen molar-refractivity contribution in [1.29, 1.82) is 0 Å². The highest BCUT2D eigenvalue weighted by molar-refractivity contribution is 7.89. The Bertz CT molecular complexity index is 586. The third kappa shape index (κ3) is 4.19. The van der Waals surface area contributed by atoms with Crippen LogP contribution in [0.5, 0.6) is 0 Å². The van der Waals surface area contributed by atoms with Gasteiger partial charge in [0.15, 0.2) is 0 Å². The van der Waals surface area contributed by atoms with Gasteiger partial charge in [0.25, 0.3) is 0 Å². The number of rotatable bonds is 7. The summed E-state index contributed by atoms with van der Waals surface area (Å²) in [5, 5.41) is 3.06. The first kappa shape index (κ1) is 16.9. The minimum atomic E-state index is -3.48. The van der Waals surface area contributed by atoms with Crippen LogP contribution in [-0.4, -0.2) is 49.1 Å². The van der Waals surface area contributed by atoms with Crippen LogP contribution in [0.15, 0.2) is 23.1 Å². The number of sulfonamides is 1. The molecule has 0 aliphatic rings. The van der Waals surface area contributed by atoms with Crippen LogP contribution in [0.2, 0.25) is 0 Å². The molecule has 0 amide bonds. The van der Waals surface area contributed by atoms with Crippen LogP contribution in [-0.2, 0) is 20.8 Å². The van der Waals surface area contributed by atoms with E-state index in [0.29, 0.717) is 29.4 Å². The first-order valence-corrected chi connectivity index (χ1v) is 9.12. The zero-order valence-electron chi connectivity index (χ0n) is 11.9. The topological polar surface area (TPSA) is 92.5 Å². The summed E-state index contributed by atoms with van der Waals surface area (Å²) in [6.07, 6.45) is 0. The number of benzene rings is 1. The van der Waals surface area contributed by atoms with Gasteiger partial charge in [-0.25, -0.2) is 12.7 Å². The molecular formula is C12H21N3O3S2. The molecule has 1 unspecified atom stereocenters. The summed E-state index contributed by atoms with van der Waals surface area (Å²) in [5.41, 5.74) is 6.85. The van der Waals surface area contributed by atoms with E-state index in [1.807, 2.05) is 6.92 Å². The van der Waals surface area contributed by atoms with Gasteiger partial charge in [-0.3, -0.25) is 4.21 Å². The molecule has 20 heavy (non-hydrogen) atoms. The van der Waals surface area contributed by atoms with E-state index in [1.54, 1.807) is 6.07 Å². The Hall–Kier alpha value is -1.12. The quantitative estimate of drug-likeness (QED) is 0.722. The summed E-state index contributed by atoms with van der Waals surface area (Å²) in [6.45, 7) is 2.40. The van der Waals surface area contributed by atoms with Crippen molar-refractivity contribution in [2.45, 2.75) is 11.8 Å². The number of hydrogen-bond acceptors (Lipinski definition) is 5. The van der Waals surface area contributed by atoms with Crippen LogP contribution < -0.4 is 11.1 Å². The standard InChI is InChI=1S/C12H21N3O3S2/c1-4-19(16)8-7-14-12-6-5-10(9-11(12)13)20(17,18)15(2)3/h5-6,9,14H,4,7-8,13H2,1-3H3. The largest absolute Gasteiger partial charge is 0.397 e. The average molecular weight is 319 g/mol. The Morgan fingerprint density at radius 3 is 2.50 bits per heavy atom. The highest BCUT2D eigenvalue weighted by Gasteiger charge is 2.17. The number of nitrogens with two attached hydrogens (primary N) is 1. The molecule has 0 radical (unpaired) electrons. The molecule has 8 heteroatoms. The van der Waals surface area contributed by atoms with Gasteiger partial charge in [0.05, 0.1) is 16.3 Å². The molecule has 3 N–H and O–H groups in total. The number of nitrogen functional groups attached to an aromatic ring is 1. The molecule has 1 aromatic rings. The van der Waals surface area contributed by atoms with E-state index in [0.717, 1.165) is 4.31 Å². The van der Waals surface area contributed by atoms with E-state index in [1.165, 1.54) is 26.2 Å². The van der Waals surface area contributed by atoms with Gasteiger partial charge < -0.3 is 11.1 Å². The first-order chi connectivity index (χ1) is 9.28. The van der Waals surface area contributed by atoms with E-state index in [2.05, 4.69) is 5.32 Å². The highest BCUT2D eigenvalue weighted by Crippen LogP contribution is 2.23. The summed E-state index contributed by atoms with van der Waals surface area (Å²) in [7, 11) is -1.37. The van der Waals surface area contributed by atoms with Gasteiger partial charge >= 0.3 is 0 Å². The van der Waals surface area contributed by atoms with Gasteiger partial charge in [-0.1, -0.05) is 6.92 Å². The van der Waals surface area contributed by atoms with Crippen LogP contribution in [0.25, 0.3) is 0 Å². The second kappa shape index (κ2) is 7.05. The summed E-state index contributed by atoms with van der Waals surface area (Å²) < 4.78 is 36.3. The lowest BCUT2D eigenvalue weighted by Crippen LogP contribution is -2.22. The van der Waals surface area contributed by atoms with Crippen molar-refractivity contribution < 1.29 is 12.6 Å². The second-order valence-electron chi connectivity index (χ2n) is 4.40. The molecule has 0 aliphatic carbocycles. The Morgan fingerprint density at radius 2 is 2.00 bits per heavy atom. The van der Waals surface area contributed by atoms with Crippen molar-refractivity contribution in [2.75, 3.05) is 43.2 Å². The van der Waals surface area contributed by atoms with Crippen LogP contribution in [0.1, 0.15) is 6.92 Å². The Balaban J connectivity index is 2.82. The molecule has 0 aliphatic heterocycles. The zero-order chi connectivity index (χ0) is 15.3. The smallest absolute Gasteiger partial charge is 0.242 e. The lowest BCUT2D eigenvalue weighted by Gasteiger charge is -2.14. The minimum Gasteiger partial charge on any atom is -0.397 e. The molecular weight excluding hydrogens is 298 g/mol. The first-order valence-electron chi connectivity index (χ1n) is 6.20. The fourth-order valence-corrected chi connectivity index (χ4v) is 3.07. The summed E-state index contributed by atoms with van der Waals surface area (Å²) in [5.74, 6) is 1.16. The highest BCUT2D eigenvalue weighted by atomic mass is 32.2. The normalized spacial score (nSPS) is 13.4. The average Bonchev–Trinajstić information content (AvgIpc) is 2.39. The number of nitrogens with one attached hydrogen (secondary N) is 1. The predicted molar refractivity (Wildman–Crippen MR) is 83.8 cm³/mol. The molecule has 0 aromatic heterocycles. The van der Waals surface area contributed by atoms with Crippen LogP contribution in [0.4, 0.5) is 11.4 Å².